The SMILES string of the molecule is CCC(C(=O)O)C1(COC)CCCCO1. The Labute approximate surface area is 90.6 Å². The zero-order chi connectivity index (χ0) is 11.3. The van der Waals surface area contributed by atoms with Gasteiger partial charge in [-0.3, -0.25) is 4.79 Å². The molecule has 1 aliphatic rings. The minimum Gasteiger partial charge on any atom is -0.481 e. The number of hydrogen-bond acceptors (Lipinski definition) is 3. The first-order valence-electron chi connectivity index (χ1n) is 5.52. The highest BCUT2D eigenvalue weighted by atomic mass is 16.5. The summed E-state index contributed by atoms with van der Waals surface area (Å²) in [6.07, 6.45) is 3.40. The number of carbonyl (C=O) groups is 1. The van der Waals surface area contributed by atoms with E-state index in [0.29, 0.717) is 19.6 Å². The Kier molecular flexibility index (Phi) is 4.54. The normalized spacial score (nSPS) is 28.7. The number of carboxylic acid groups (broad SMARTS) is 1. The number of rotatable bonds is 5. The number of aliphatic carboxylic acids is 1. The van der Waals surface area contributed by atoms with Crippen LogP contribution in [0.1, 0.15) is 32.6 Å². The van der Waals surface area contributed by atoms with Crippen LogP contribution in [0.15, 0.2) is 0 Å². The standard InChI is InChI=1S/C11H20O4/c1-3-9(10(12)13)11(8-14-2)6-4-5-7-15-11/h9H,3-8H2,1-2H3,(H,12,13). The van der Waals surface area contributed by atoms with Crippen LogP contribution in [0, 0.1) is 5.92 Å². The van der Waals surface area contributed by atoms with Crippen LogP contribution >= 0.6 is 0 Å². The Morgan fingerprint density at radius 1 is 1.60 bits per heavy atom. The molecular formula is C11H20O4. The Morgan fingerprint density at radius 2 is 2.33 bits per heavy atom. The zero-order valence-electron chi connectivity index (χ0n) is 9.49. The molecule has 88 valence electrons. The van der Waals surface area contributed by atoms with E-state index in [4.69, 9.17) is 9.47 Å². The van der Waals surface area contributed by atoms with Gasteiger partial charge in [-0.25, -0.2) is 0 Å². The van der Waals surface area contributed by atoms with Crippen LogP contribution in [0.3, 0.4) is 0 Å². The van der Waals surface area contributed by atoms with Gasteiger partial charge in [-0.1, -0.05) is 6.92 Å². The predicted octanol–water partition coefficient (Wildman–Crippen LogP) is 1.68. The Hall–Kier alpha value is -0.610. The van der Waals surface area contributed by atoms with Gasteiger partial charge in [0.15, 0.2) is 0 Å². The maximum Gasteiger partial charge on any atom is 0.309 e. The maximum atomic E-state index is 11.2. The number of methoxy groups -OCH3 is 1. The van der Waals surface area contributed by atoms with Crippen molar-refractivity contribution in [3.63, 3.8) is 0 Å². The summed E-state index contributed by atoms with van der Waals surface area (Å²) >= 11 is 0. The molecule has 1 aliphatic heterocycles. The average Bonchev–Trinajstić information content (AvgIpc) is 2.19. The highest BCUT2D eigenvalue weighted by Crippen LogP contribution is 2.34. The van der Waals surface area contributed by atoms with Crippen molar-refractivity contribution in [2.24, 2.45) is 5.92 Å². The molecule has 0 aliphatic carbocycles. The summed E-state index contributed by atoms with van der Waals surface area (Å²) in [4.78, 5) is 11.2. The van der Waals surface area contributed by atoms with Gasteiger partial charge < -0.3 is 14.6 Å². The minimum absolute atomic E-state index is 0.373. The van der Waals surface area contributed by atoms with Crippen LogP contribution in [0.4, 0.5) is 0 Å². The van der Waals surface area contributed by atoms with Crippen LogP contribution in [0.5, 0.6) is 0 Å². The van der Waals surface area contributed by atoms with Crippen LogP contribution in [-0.4, -0.2) is 37.0 Å². The lowest BCUT2D eigenvalue weighted by molar-refractivity contribution is -0.177. The number of ether oxygens (including phenoxy) is 2. The molecule has 4 nitrogen and oxygen atoms in total. The Bertz CT molecular complexity index is 203. The van der Waals surface area contributed by atoms with E-state index in [-0.39, 0.29) is 0 Å². The molecular weight excluding hydrogens is 196 g/mol. The first-order valence-corrected chi connectivity index (χ1v) is 5.52. The van der Waals surface area contributed by atoms with Crippen molar-refractivity contribution in [1.29, 1.82) is 0 Å². The molecule has 0 spiro atoms. The van der Waals surface area contributed by atoms with Crippen molar-refractivity contribution in [3.8, 4) is 0 Å². The summed E-state index contributed by atoms with van der Waals surface area (Å²) in [6, 6.07) is 0. The fourth-order valence-electron chi connectivity index (χ4n) is 2.38. The molecule has 0 aromatic heterocycles. The lowest BCUT2D eigenvalue weighted by atomic mass is 9.80. The highest BCUT2D eigenvalue weighted by molar-refractivity contribution is 5.71. The summed E-state index contributed by atoms with van der Waals surface area (Å²) in [5, 5.41) is 9.18. The third-order valence-electron chi connectivity index (χ3n) is 3.11. The van der Waals surface area contributed by atoms with Crippen molar-refractivity contribution in [2.75, 3.05) is 20.3 Å². The van der Waals surface area contributed by atoms with E-state index < -0.39 is 17.5 Å². The van der Waals surface area contributed by atoms with Gasteiger partial charge in [0.25, 0.3) is 0 Å². The van der Waals surface area contributed by atoms with Crippen molar-refractivity contribution in [2.45, 2.75) is 38.2 Å². The summed E-state index contributed by atoms with van der Waals surface area (Å²) in [6.45, 7) is 2.90. The maximum absolute atomic E-state index is 11.2. The molecule has 2 atom stereocenters. The van der Waals surface area contributed by atoms with E-state index in [9.17, 15) is 9.90 Å². The highest BCUT2D eigenvalue weighted by Gasteiger charge is 2.44. The van der Waals surface area contributed by atoms with Crippen LogP contribution in [0.25, 0.3) is 0 Å². The summed E-state index contributed by atoms with van der Waals surface area (Å²) in [5.41, 5.74) is -0.604. The second-order valence-electron chi connectivity index (χ2n) is 4.10. The van der Waals surface area contributed by atoms with E-state index in [1.54, 1.807) is 7.11 Å². The molecule has 0 radical (unpaired) electrons. The molecule has 0 amide bonds. The summed E-state index contributed by atoms with van der Waals surface area (Å²) in [5.74, 6) is -1.24. The van der Waals surface area contributed by atoms with Crippen molar-refractivity contribution in [3.05, 3.63) is 0 Å². The second kappa shape index (κ2) is 5.47. The van der Waals surface area contributed by atoms with E-state index in [1.165, 1.54) is 0 Å². The van der Waals surface area contributed by atoms with Gasteiger partial charge >= 0.3 is 5.97 Å². The van der Waals surface area contributed by atoms with Gasteiger partial charge in [0.2, 0.25) is 0 Å². The fraction of sp³-hybridized carbons (Fsp3) is 0.909. The van der Waals surface area contributed by atoms with Gasteiger partial charge in [-0.15, -0.1) is 0 Å². The first kappa shape index (κ1) is 12.5. The molecule has 0 saturated carbocycles. The van der Waals surface area contributed by atoms with Crippen LogP contribution in [-0.2, 0) is 14.3 Å². The van der Waals surface area contributed by atoms with E-state index in [1.807, 2.05) is 6.92 Å². The smallest absolute Gasteiger partial charge is 0.309 e. The van der Waals surface area contributed by atoms with Crippen molar-refractivity contribution in [1.82, 2.24) is 0 Å². The minimum atomic E-state index is -0.781. The van der Waals surface area contributed by atoms with Gasteiger partial charge in [0, 0.05) is 13.7 Å². The lowest BCUT2D eigenvalue weighted by Crippen LogP contribution is -2.50. The molecule has 0 aromatic carbocycles. The fourth-order valence-corrected chi connectivity index (χ4v) is 2.38. The molecule has 2 unspecified atom stereocenters. The van der Waals surface area contributed by atoms with E-state index in [0.717, 1.165) is 19.3 Å². The second-order valence-corrected chi connectivity index (χ2v) is 4.10. The monoisotopic (exact) mass is 216 g/mol. The van der Waals surface area contributed by atoms with Crippen molar-refractivity contribution < 1.29 is 19.4 Å². The first-order chi connectivity index (χ1) is 7.16. The predicted molar refractivity (Wildman–Crippen MR) is 55.8 cm³/mol. The summed E-state index contributed by atoms with van der Waals surface area (Å²) < 4.78 is 10.8. The van der Waals surface area contributed by atoms with E-state index in [2.05, 4.69) is 0 Å². The van der Waals surface area contributed by atoms with Gasteiger partial charge in [0.1, 0.15) is 5.60 Å². The van der Waals surface area contributed by atoms with Crippen LogP contribution < -0.4 is 0 Å². The molecule has 0 aromatic rings. The summed E-state index contributed by atoms with van der Waals surface area (Å²) in [7, 11) is 1.59. The molecule has 0 bridgehead atoms. The quantitative estimate of drug-likeness (QED) is 0.759. The molecule has 1 rings (SSSR count). The largest absolute Gasteiger partial charge is 0.481 e. The molecule has 1 saturated heterocycles. The number of hydrogen-bond donors (Lipinski definition) is 1. The Balaban J connectivity index is 2.81. The Morgan fingerprint density at radius 3 is 2.73 bits per heavy atom. The van der Waals surface area contributed by atoms with Gasteiger partial charge in [0.05, 0.1) is 12.5 Å². The third-order valence-corrected chi connectivity index (χ3v) is 3.11. The molecule has 1 heterocycles. The number of carboxylic acids is 1. The lowest BCUT2D eigenvalue weighted by Gasteiger charge is -2.40. The van der Waals surface area contributed by atoms with Crippen molar-refractivity contribution >= 4 is 5.97 Å². The zero-order valence-corrected chi connectivity index (χ0v) is 9.49. The van der Waals surface area contributed by atoms with Gasteiger partial charge in [-0.05, 0) is 25.7 Å². The average molecular weight is 216 g/mol. The van der Waals surface area contributed by atoms with Gasteiger partial charge in [-0.2, -0.15) is 0 Å². The molecule has 1 fully saturated rings. The van der Waals surface area contributed by atoms with Crippen LogP contribution in [0.2, 0.25) is 0 Å². The van der Waals surface area contributed by atoms with E-state index >= 15 is 0 Å². The topological polar surface area (TPSA) is 55.8 Å². The molecule has 15 heavy (non-hydrogen) atoms. The third kappa shape index (κ3) is 2.69. The molecule has 4 heteroatoms. The molecule has 1 N–H and O–H groups in total.